The van der Waals surface area contributed by atoms with Gasteiger partial charge in [-0.05, 0) is 57.8 Å². The lowest BCUT2D eigenvalue weighted by Gasteiger charge is -2.48. The molecule has 0 aromatic heterocycles. The molecule has 19 heteroatoms. The van der Waals surface area contributed by atoms with Crippen LogP contribution in [0.2, 0.25) is 0 Å². The fourth-order valence-corrected chi connectivity index (χ4v) is 10.8. The third kappa shape index (κ3) is 30.1. The molecule has 0 aromatic carbocycles. The van der Waals surface area contributed by atoms with Crippen molar-refractivity contribution in [3.8, 4) is 0 Å². The van der Waals surface area contributed by atoms with E-state index in [9.17, 15) is 61.0 Å². The highest BCUT2D eigenvalue weighted by molar-refractivity contribution is 5.76. The number of aliphatic hydroxyl groups is 11. The van der Waals surface area contributed by atoms with E-state index in [0.717, 1.165) is 77.0 Å². The average Bonchev–Trinajstić information content (AvgIpc) is 2.82. The number of aliphatic hydroxyl groups excluding tert-OH is 11. The molecule has 3 saturated heterocycles. The number of hydrogen-bond acceptors (Lipinski definition) is 18. The standard InChI is InChI=1S/C65H115NO18/c1-3-5-7-9-11-13-15-17-19-21-22-23-24-25-27-28-30-32-34-36-38-40-42-49(70)48(66-53(71)43-41-39-37-35-33-31-29-26-20-18-16-14-12-10-8-6-4-2)47-79-63-59(77)56(74)61(51(45-68)81-63)84-65-60(78)57(75)62(52(46-69)82-65)83-64-58(76)55(73)54(72)50(44-67)80-64/h6,8,12,14,18,20,29,31,40,42,48-52,54-65,67-70,72-78H,3-5,7,9-11,13,15-17,19,21-28,30,32-39,41,43-47H2,1-2H3,(H,66,71)/b8-6-,14-12-,20-18-,31-29-,42-40+. The van der Waals surface area contributed by atoms with Gasteiger partial charge in [-0.3, -0.25) is 4.79 Å². The van der Waals surface area contributed by atoms with Crippen molar-refractivity contribution in [3.05, 3.63) is 60.8 Å². The molecule has 0 aliphatic carbocycles. The summed E-state index contributed by atoms with van der Waals surface area (Å²) in [6.07, 6.45) is 29.1. The van der Waals surface area contributed by atoms with Crippen molar-refractivity contribution in [1.29, 1.82) is 0 Å². The zero-order valence-corrected chi connectivity index (χ0v) is 51.1. The normalized spacial score (nSPS) is 29.6. The van der Waals surface area contributed by atoms with E-state index in [0.29, 0.717) is 6.42 Å². The fourth-order valence-electron chi connectivity index (χ4n) is 10.8. The number of rotatable bonds is 48. The number of amides is 1. The quantitative estimate of drug-likeness (QED) is 0.0211. The van der Waals surface area contributed by atoms with E-state index in [1.807, 2.05) is 6.08 Å². The highest BCUT2D eigenvalue weighted by Gasteiger charge is 2.53. The lowest BCUT2D eigenvalue weighted by molar-refractivity contribution is -0.379. The number of hydrogen-bond donors (Lipinski definition) is 12. The molecule has 0 bridgehead atoms. The third-order valence-corrected chi connectivity index (χ3v) is 16.1. The highest BCUT2D eigenvalue weighted by atomic mass is 16.8. The van der Waals surface area contributed by atoms with Gasteiger partial charge >= 0.3 is 0 Å². The van der Waals surface area contributed by atoms with Gasteiger partial charge in [-0.15, -0.1) is 0 Å². The number of carbonyl (C=O) groups is 1. The zero-order valence-electron chi connectivity index (χ0n) is 51.1. The Bertz CT molecular complexity index is 1770. The summed E-state index contributed by atoms with van der Waals surface area (Å²) in [5.41, 5.74) is 0. The van der Waals surface area contributed by atoms with Crippen molar-refractivity contribution >= 4 is 5.91 Å². The first-order valence-electron chi connectivity index (χ1n) is 32.5. The summed E-state index contributed by atoms with van der Waals surface area (Å²) in [7, 11) is 0. The molecule has 3 heterocycles. The van der Waals surface area contributed by atoms with Crippen molar-refractivity contribution in [2.75, 3.05) is 26.4 Å². The van der Waals surface area contributed by atoms with E-state index >= 15 is 0 Å². The molecular weight excluding hydrogens is 1080 g/mol. The van der Waals surface area contributed by atoms with E-state index in [1.54, 1.807) is 6.08 Å². The van der Waals surface area contributed by atoms with Crippen molar-refractivity contribution in [1.82, 2.24) is 5.32 Å². The smallest absolute Gasteiger partial charge is 0.220 e. The Balaban J connectivity index is 1.48. The monoisotopic (exact) mass is 1200 g/mol. The molecule has 0 radical (unpaired) electrons. The Hall–Kier alpha value is -2.51. The van der Waals surface area contributed by atoms with Crippen LogP contribution in [0.3, 0.4) is 0 Å². The summed E-state index contributed by atoms with van der Waals surface area (Å²) in [6.45, 7) is 1.60. The van der Waals surface area contributed by atoms with Gasteiger partial charge in [0.15, 0.2) is 18.9 Å². The van der Waals surface area contributed by atoms with Gasteiger partial charge in [-0.25, -0.2) is 0 Å². The lowest BCUT2D eigenvalue weighted by atomic mass is 9.96. The van der Waals surface area contributed by atoms with Crippen LogP contribution in [0.25, 0.3) is 0 Å². The van der Waals surface area contributed by atoms with E-state index in [-0.39, 0.29) is 18.9 Å². The first-order valence-corrected chi connectivity index (χ1v) is 32.5. The van der Waals surface area contributed by atoms with Crippen molar-refractivity contribution in [3.63, 3.8) is 0 Å². The van der Waals surface area contributed by atoms with Gasteiger partial charge in [0, 0.05) is 6.42 Å². The Morgan fingerprint density at radius 1 is 0.440 bits per heavy atom. The fraction of sp³-hybridized carbons (Fsp3) is 0.831. The first kappa shape index (κ1) is 75.7. The maximum absolute atomic E-state index is 13.4. The number of ether oxygens (including phenoxy) is 6. The summed E-state index contributed by atoms with van der Waals surface area (Å²) in [4.78, 5) is 13.4. The largest absolute Gasteiger partial charge is 0.394 e. The predicted octanol–water partition coefficient (Wildman–Crippen LogP) is 7.21. The molecule has 12 N–H and O–H groups in total. The highest BCUT2D eigenvalue weighted by Crippen LogP contribution is 2.33. The van der Waals surface area contributed by atoms with E-state index in [4.69, 9.17) is 28.4 Å². The minimum atomic E-state index is -1.98. The van der Waals surface area contributed by atoms with Crippen molar-refractivity contribution in [2.24, 2.45) is 0 Å². The molecule has 84 heavy (non-hydrogen) atoms. The molecule has 0 spiro atoms. The number of nitrogens with one attached hydrogen (secondary N) is 1. The Labute approximate surface area is 503 Å². The molecule has 3 aliphatic heterocycles. The average molecular weight is 1200 g/mol. The van der Waals surface area contributed by atoms with Crippen LogP contribution in [0, 0.1) is 0 Å². The van der Waals surface area contributed by atoms with Gasteiger partial charge in [0.05, 0.1) is 38.6 Å². The van der Waals surface area contributed by atoms with E-state index in [1.165, 1.54) is 109 Å². The first-order chi connectivity index (χ1) is 40.8. The van der Waals surface area contributed by atoms with Gasteiger partial charge in [0.2, 0.25) is 5.91 Å². The van der Waals surface area contributed by atoms with Gasteiger partial charge < -0.3 is 89.9 Å². The molecule has 3 rings (SSSR count). The lowest BCUT2D eigenvalue weighted by Crippen LogP contribution is -2.66. The summed E-state index contributed by atoms with van der Waals surface area (Å²) >= 11 is 0. The van der Waals surface area contributed by atoms with Gasteiger partial charge in [0.25, 0.3) is 0 Å². The molecule has 3 fully saturated rings. The van der Waals surface area contributed by atoms with E-state index in [2.05, 4.69) is 67.8 Å². The van der Waals surface area contributed by atoms with Crippen LogP contribution < -0.4 is 5.32 Å². The van der Waals surface area contributed by atoms with Crippen LogP contribution in [0.1, 0.15) is 213 Å². The maximum atomic E-state index is 13.4. The Kier molecular flexibility index (Phi) is 42.8. The van der Waals surface area contributed by atoms with Crippen LogP contribution in [0.15, 0.2) is 60.8 Å². The molecular formula is C65H115NO18. The number of carbonyl (C=O) groups excluding carboxylic acids is 1. The molecule has 488 valence electrons. The van der Waals surface area contributed by atoms with E-state index < -0.39 is 124 Å². The zero-order chi connectivity index (χ0) is 61.2. The minimum Gasteiger partial charge on any atom is -0.394 e. The molecule has 17 unspecified atom stereocenters. The second-order valence-corrected chi connectivity index (χ2v) is 23.2. The molecule has 19 nitrogen and oxygen atoms in total. The predicted molar refractivity (Wildman–Crippen MR) is 323 cm³/mol. The number of unbranched alkanes of at least 4 members (excludes halogenated alkanes) is 24. The van der Waals surface area contributed by atoms with Gasteiger partial charge in [0.1, 0.15) is 73.2 Å². The molecule has 3 aliphatic rings. The topological polar surface area (TPSA) is 307 Å². The molecule has 1 amide bonds. The summed E-state index contributed by atoms with van der Waals surface area (Å²) in [5.74, 6) is -0.300. The Morgan fingerprint density at radius 3 is 1.29 bits per heavy atom. The SMILES string of the molecule is CC/C=C\C/C=C\C/C=C\C/C=C\CCCCCCC(=O)NC(COC1OC(CO)C(OC2OC(CO)C(OC3OC(CO)C(O)C(O)C3O)C(O)C2O)C(O)C1O)C(O)/C=C/CCCCCCCCCCCCCCCCCCCCCC. The second kappa shape index (κ2) is 47.5. The summed E-state index contributed by atoms with van der Waals surface area (Å²) < 4.78 is 34.3. The molecule has 0 saturated carbocycles. The Morgan fingerprint density at radius 2 is 0.821 bits per heavy atom. The van der Waals surface area contributed by atoms with Crippen LogP contribution >= 0.6 is 0 Å². The van der Waals surface area contributed by atoms with Gasteiger partial charge in [-0.2, -0.15) is 0 Å². The minimum absolute atomic E-state index is 0.213. The second-order valence-electron chi connectivity index (χ2n) is 23.2. The van der Waals surface area contributed by atoms with Gasteiger partial charge in [-0.1, -0.05) is 209 Å². The van der Waals surface area contributed by atoms with Crippen LogP contribution in [-0.2, 0) is 33.2 Å². The summed E-state index contributed by atoms with van der Waals surface area (Å²) in [6, 6.07) is -0.989. The number of allylic oxidation sites excluding steroid dienone is 9. The van der Waals surface area contributed by atoms with Crippen LogP contribution in [0.5, 0.6) is 0 Å². The maximum Gasteiger partial charge on any atom is 0.220 e. The summed E-state index contributed by atoms with van der Waals surface area (Å²) in [5, 5.41) is 120. The third-order valence-electron chi connectivity index (χ3n) is 16.1. The van der Waals surface area contributed by atoms with Crippen LogP contribution in [-0.4, -0.2) is 193 Å². The molecule has 0 aromatic rings. The van der Waals surface area contributed by atoms with Crippen LogP contribution in [0.4, 0.5) is 0 Å². The van der Waals surface area contributed by atoms with Crippen molar-refractivity contribution < 1.29 is 89.4 Å². The van der Waals surface area contributed by atoms with Crippen molar-refractivity contribution in [2.45, 2.75) is 317 Å². The molecule has 17 atom stereocenters.